The summed E-state index contributed by atoms with van der Waals surface area (Å²) in [5.41, 5.74) is 6.70. The summed E-state index contributed by atoms with van der Waals surface area (Å²) in [6, 6.07) is 0. The highest BCUT2D eigenvalue weighted by Gasteiger charge is 2.19. The van der Waals surface area contributed by atoms with Gasteiger partial charge in [-0.3, -0.25) is 0 Å². The van der Waals surface area contributed by atoms with Gasteiger partial charge in [-0.1, -0.05) is 6.08 Å². The lowest BCUT2D eigenvalue weighted by Crippen LogP contribution is -2.19. The number of fused-ring (bicyclic) bond motifs is 1. The van der Waals surface area contributed by atoms with Gasteiger partial charge in [0.1, 0.15) is 0 Å². The van der Waals surface area contributed by atoms with Gasteiger partial charge in [0.25, 0.3) is 0 Å². The Bertz CT molecular complexity index is 284. The van der Waals surface area contributed by atoms with Gasteiger partial charge in [0.2, 0.25) is 0 Å². The predicted octanol–water partition coefficient (Wildman–Crippen LogP) is 0.498. The highest BCUT2D eigenvalue weighted by atomic mass is 14.9. The number of rotatable bonds is 1. The van der Waals surface area contributed by atoms with E-state index >= 15 is 0 Å². The van der Waals surface area contributed by atoms with Crippen molar-refractivity contribution in [1.82, 2.24) is 0 Å². The van der Waals surface area contributed by atoms with Crippen LogP contribution in [0.15, 0.2) is 33.9 Å². The van der Waals surface area contributed by atoms with E-state index in [1.807, 2.05) is 12.2 Å². The topological polar surface area (TPSA) is 50.7 Å². The molecule has 1 atom stereocenters. The van der Waals surface area contributed by atoms with Crippen LogP contribution in [0.25, 0.3) is 0 Å². The minimum atomic E-state index is 0.310. The summed E-state index contributed by atoms with van der Waals surface area (Å²) < 4.78 is 0. The van der Waals surface area contributed by atoms with Crippen LogP contribution in [0.1, 0.15) is 0 Å². The van der Waals surface area contributed by atoms with Crippen LogP contribution in [0.4, 0.5) is 0 Å². The first-order valence-corrected chi connectivity index (χ1v) is 3.61. The molecule has 0 aromatic carbocycles. The van der Waals surface area contributed by atoms with Crippen molar-refractivity contribution in [1.29, 1.82) is 0 Å². The van der Waals surface area contributed by atoms with Crippen molar-refractivity contribution in [2.75, 3.05) is 6.54 Å². The molecule has 0 aromatic heterocycles. The number of allylic oxidation sites excluding steroid dienone is 1. The zero-order chi connectivity index (χ0) is 7.68. The summed E-state index contributed by atoms with van der Waals surface area (Å²) in [7, 11) is 0. The summed E-state index contributed by atoms with van der Waals surface area (Å²) in [6.07, 6.45) is 7.51. The quantitative estimate of drug-likeness (QED) is 0.576. The van der Waals surface area contributed by atoms with Crippen molar-refractivity contribution in [2.24, 2.45) is 21.6 Å². The third kappa shape index (κ3) is 0.935. The number of nitrogens with two attached hydrogens (primary N) is 1. The van der Waals surface area contributed by atoms with Gasteiger partial charge in [0, 0.05) is 30.5 Å². The van der Waals surface area contributed by atoms with Crippen molar-refractivity contribution in [2.45, 2.75) is 0 Å². The maximum Gasteiger partial charge on any atom is 0.155 e. The molecule has 2 rings (SSSR count). The van der Waals surface area contributed by atoms with Gasteiger partial charge >= 0.3 is 0 Å². The Labute approximate surface area is 65.0 Å². The molecule has 0 spiro atoms. The SMILES string of the molecule is NC[C@@H]1C=CN=C2N=CC=C21. The summed E-state index contributed by atoms with van der Waals surface area (Å²) in [5.74, 6) is 1.13. The van der Waals surface area contributed by atoms with Crippen molar-refractivity contribution < 1.29 is 0 Å². The Morgan fingerprint density at radius 2 is 2.45 bits per heavy atom. The van der Waals surface area contributed by atoms with Gasteiger partial charge in [-0.05, 0) is 6.08 Å². The molecule has 0 amide bonds. The fourth-order valence-electron chi connectivity index (χ4n) is 1.26. The molecule has 0 aromatic rings. The van der Waals surface area contributed by atoms with Crippen LogP contribution in [-0.2, 0) is 0 Å². The lowest BCUT2D eigenvalue weighted by molar-refractivity contribution is 0.789. The molecule has 0 saturated heterocycles. The molecule has 2 N–H and O–H groups in total. The molecular formula is C8H9N3. The van der Waals surface area contributed by atoms with Crippen LogP contribution in [0.3, 0.4) is 0 Å². The molecule has 0 radical (unpaired) electrons. The molecule has 2 heterocycles. The average molecular weight is 147 g/mol. The van der Waals surface area contributed by atoms with E-state index in [9.17, 15) is 0 Å². The molecule has 2 aliphatic rings. The van der Waals surface area contributed by atoms with Crippen molar-refractivity contribution >= 4 is 12.1 Å². The first-order valence-electron chi connectivity index (χ1n) is 3.61. The standard InChI is InChI=1S/C8H9N3/c9-5-6-1-3-10-8-7(6)2-4-11-8/h1-4,6H,5,9H2/t6-/m0/s1. The average Bonchev–Trinajstić information content (AvgIpc) is 2.50. The van der Waals surface area contributed by atoms with Crippen LogP contribution in [0.2, 0.25) is 0 Å². The Morgan fingerprint density at radius 3 is 3.27 bits per heavy atom. The molecule has 2 aliphatic heterocycles. The second-order valence-corrected chi connectivity index (χ2v) is 2.54. The Hall–Kier alpha value is -1.22. The normalized spacial score (nSPS) is 26.5. The minimum Gasteiger partial charge on any atom is -0.330 e. The van der Waals surface area contributed by atoms with Crippen LogP contribution >= 0.6 is 0 Å². The third-order valence-corrected chi connectivity index (χ3v) is 1.88. The summed E-state index contributed by atoms with van der Waals surface area (Å²) in [6.45, 7) is 0.630. The minimum absolute atomic E-state index is 0.310. The number of hydrogen-bond donors (Lipinski definition) is 1. The number of amidine groups is 1. The molecule has 0 saturated carbocycles. The van der Waals surface area contributed by atoms with Crippen molar-refractivity contribution in [3.63, 3.8) is 0 Å². The molecule has 3 nitrogen and oxygen atoms in total. The third-order valence-electron chi connectivity index (χ3n) is 1.88. The fourth-order valence-corrected chi connectivity index (χ4v) is 1.26. The lowest BCUT2D eigenvalue weighted by Gasteiger charge is -2.13. The monoisotopic (exact) mass is 147 g/mol. The van der Waals surface area contributed by atoms with Crippen LogP contribution in [0.5, 0.6) is 0 Å². The fraction of sp³-hybridized carbons (Fsp3) is 0.250. The molecule has 56 valence electrons. The van der Waals surface area contributed by atoms with Crippen molar-refractivity contribution in [3.8, 4) is 0 Å². The summed E-state index contributed by atoms with van der Waals surface area (Å²) in [4.78, 5) is 8.19. The van der Waals surface area contributed by atoms with Crippen molar-refractivity contribution in [3.05, 3.63) is 23.9 Å². The first kappa shape index (κ1) is 6.49. The van der Waals surface area contributed by atoms with Gasteiger partial charge < -0.3 is 5.73 Å². The Balaban J connectivity index is 2.34. The number of aliphatic imine (C=N–C) groups is 2. The smallest absolute Gasteiger partial charge is 0.155 e. The van der Waals surface area contributed by atoms with E-state index in [-0.39, 0.29) is 0 Å². The van der Waals surface area contributed by atoms with E-state index in [0.717, 1.165) is 11.4 Å². The molecular weight excluding hydrogens is 138 g/mol. The van der Waals surface area contributed by atoms with Gasteiger partial charge in [0.05, 0.1) is 0 Å². The number of hydrogen-bond acceptors (Lipinski definition) is 3. The highest BCUT2D eigenvalue weighted by Crippen LogP contribution is 2.20. The molecule has 0 bridgehead atoms. The second kappa shape index (κ2) is 2.43. The predicted molar refractivity (Wildman–Crippen MR) is 45.7 cm³/mol. The van der Waals surface area contributed by atoms with Gasteiger partial charge in [-0.2, -0.15) is 0 Å². The summed E-state index contributed by atoms with van der Waals surface area (Å²) >= 11 is 0. The summed E-state index contributed by atoms with van der Waals surface area (Å²) in [5, 5.41) is 0. The zero-order valence-corrected chi connectivity index (χ0v) is 6.07. The van der Waals surface area contributed by atoms with E-state index in [1.54, 1.807) is 12.4 Å². The van der Waals surface area contributed by atoms with Crippen LogP contribution in [-0.4, -0.2) is 18.6 Å². The Kier molecular flexibility index (Phi) is 1.43. The van der Waals surface area contributed by atoms with Gasteiger partial charge in [0.15, 0.2) is 5.84 Å². The number of nitrogens with zero attached hydrogens (tertiary/aromatic N) is 2. The van der Waals surface area contributed by atoms with Gasteiger partial charge in [-0.15, -0.1) is 0 Å². The molecule has 0 unspecified atom stereocenters. The molecule has 0 fully saturated rings. The Morgan fingerprint density at radius 1 is 1.55 bits per heavy atom. The van der Waals surface area contributed by atoms with Crippen LogP contribution in [0, 0.1) is 5.92 Å². The second-order valence-electron chi connectivity index (χ2n) is 2.54. The van der Waals surface area contributed by atoms with Gasteiger partial charge in [-0.25, -0.2) is 9.98 Å². The van der Waals surface area contributed by atoms with Crippen LogP contribution < -0.4 is 5.73 Å². The first-order chi connectivity index (χ1) is 5.42. The van der Waals surface area contributed by atoms with E-state index in [2.05, 4.69) is 9.98 Å². The molecule has 0 aliphatic carbocycles. The van der Waals surface area contributed by atoms with E-state index in [1.165, 1.54) is 0 Å². The van der Waals surface area contributed by atoms with E-state index in [0.29, 0.717) is 12.5 Å². The molecule has 3 heteroatoms. The maximum atomic E-state index is 5.56. The molecule has 11 heavy (non-hydrogen) atoms. The zero-order valence-electron chi connectivity index (χ0n) is 6.07. The van der Waals surface area contributed by atoms with E-state index < -0.39 is 0 Å². The van der Waals surface area contributed by atoms with E-state index in [4.69, 9.17) is 5.73 Å². The largest absolute Gasteiger partial charge is 0.330 e. The highest BCUT2D eigenvalue weighted by molar-refractivity contribution is 6.12. The lowest BCUT2D eigenvalue weighted by atomic mass is 9.97. The maximum absolute atomic E-state index is 5.56.